The minimum atomic E-state index is -0.538. The summed E-state index contributed by atoms with van der Waals surface area (Å²) in [7, 11) is 0. The molecule has 0 unspecified atom stereocenters. The second kappa shape index (κ2) is 13.4. The molecular weight excluding hydrogens is 640 g/mol. The van der Waals surface area contributed by atoms with Gasteiger partial charge in [0.25, 0.3) is 0 Å². The molecule has 0 spiro atoms. The van der Waals surface area contributed by atoms with E-state index < -0.39 is 5.60 Å². The van der Waals surface area contributed by atoms with Gasteiger partial charge >= 0.3 is 12.2 Å². The molecule has 4 heterocycles. The van der Waals surface area contributed by atoms with Crippen LogP contribution in [0.15, 0.2) is 79.1 Å². The van der Waals surface area contributed by atoms with E-state index in [9.17, 15) is 9.59 Å². The third-order valence-corrected chi connectivity index (χ3v) is 10.2. The lowest BCUT2D eigenvalue weighted by molar-refractivity contribution is 0.0218. The van der Waals surface area contributed by atoms with Gasteiger partial charge in [-0.25, -0.2) is 19.6 Å². The van der Waals surface area contributed by atoms with E-state index >= 15 is 0 Å². The van der Waals surface area contributed by atoms with Gasteiger partial charge in [-0.1, -0.05) is 54.6 Å². The predicted molar refractivity (Wildman–Crippen MR) is 194 cm³/mol. The Morgan fingerprint density at radius 1 is 0.725 bits per heavy atom. The van der Waals surface area contributed by atoms with Gasteiger partial charge in [0.2, 0.25) is 0 Å². The number of imidazole rings is 2. The largest absolute Gasteiger partial charge is 0.445 e. The summed E-state index contributed by atoms with van der Waals surface area (Å²) in [5, 5.41) is 0. The van der Waals surface area contributed by atoms with Crippen LogP contribution in [0.25, 0.3) is 22.5 Å². The van der Waals surface area contributed by atoms with E-state index in [1.807, 2.05) is 63.5 Å². The number of benzene rings is 3. The van der Waals surface area contributed by atoms with Crippen LogP contribution in [0.5, 0.6) is 0 Å². The molecule has 51 heavy (non-hydrogen) atoms. The van der Waals surface area contributed by atoms with Gasteiger partial charge in [-0.2, -0.15) is 0 Å². The maximum absolute atomic E-state index is 13.0. The van der Waals surface area contributed by atoms with Crippen molar-refractivity contribution in [3.8, 4) is 22.5 Å². The lowest BCUT2D eigenvalue weighted by Crippen LogP contribution is -2.36. The lowest BCUT2D eigenvalue weighted by Gasteiger charge is -2.27. The van der Waals surface area contributed by atoms with Gasteiger partial charge in [0, 0.05) is 13.1 Å². The molecule has 0 saturated carbocycles. The number of aromatic nitrogens is 4. The molecule has 3 aliphatic rings. The van der Waals surface area contributed by atoms with E-state index in [1.54, 1.807) is 9.80 Å². The van der Waals surface area contributed by atoms with E-state index in [0.717, 1.165) is 78.3 Å². The number of nitrogens with one attached hydrogen (secondary N) is 2. The lowest BCUT2D eigenvalue weighted by atomic mass is 9.84. The number of hydrogen-bond acceptors (Lipinski definition) is 6. The Kier molecular flexibility index (Phi) is 8.61. The monoisotopic (exact) mass is 684 g/mol. The predicted octanol–water partition coefficient (Wildman–Crippen LogP) is 8.51. The number of aromatic amines is 2. The van der Waals surface area contributed by atoms with Crippen molar-refractivity contribution in [2.24, 2.45) is 0 Å². The van der Waals surface area contributed by atoms with Crippen LogP contribution in [0.3, 0.4) is 0 Å². The number of likely N-dealkylation sites (tertiary alicyclic amines) is 2. The van der Waals surface area contributed by atoms with Crippen molar-refractivity contribution < 1.29 is 19.1 Å². The number of carbonyl (C=O) groups excluding carboxylic acids is 2. The van der Waals surface area contributed by atoms with Crippen molar-refractivity contribution in [3.05, 3.63) is 119 Å². The molecule has 0 radical (unpaired) electrons. The maximum Gasteiger partial charge on any atom is 0.410 e. The summed E-state index contributed by atoms with van der Waals surface area (Å²) in [6.07, 6.45) is 8.41. The van der Waals surface area contributed by atoms with Crippen molar-refractivity contribution in [2.45, 2.75) is 83.6 Å². The molecule has 2 saturated heterocycles. The number of nitrogens with zero attached hydrogens (tertiary/aromatic N) is 4. The SMILES string of the molecule is CC(C)(C)OC(=O)N1CCC[C@H]1c1ncc(-c2ccc3c(c2)Cc2ccc(-c4cnc([C@@H]5CCCN5C(=O)OCc5ccccc5)[nH]4)cc2C3)[nH]1. The van der Waals surface area contributed by atoms with E-state index in [1.165, 1.54) is 22.3 Å². The summed E-state index contributed by atoms with van der Waals surface area (Å²) >= 11 is 0. The second-order valence-electron chi connectivity index (χ2n) is 14.9. The van der Waals surface area contributed by atoms with Crippen molar-refractivity contribution in [3.63, 3.8) is 0 Å². The zero-order valence-electron chi connectivity index (χ0n) is 29.4. The van der Waals surface area contributed by atoms with Crippen LogP contribution in [0.4, 0.5) is 9.59 Å². The molecule has 2 aromatic heterocycles. The number of carbonyl (C=O) groups is 2. The van der Waals surface area contributed by atoms with Crippen LogP contribution < -0.4 is 0 Å². The first-order chi connectivity index (χ1) is 24.7. The second-order valence-corrected chi connectivity index (χ2v) is 14.9. The first kappa shape index (κ1) is 32.8. The number of amides is 2. The number of H-pyrrole nitrogens is 2. The van der Waals surface area contributed by atoms with Gasteiger partial charge in [0.05, 0.1) is 35.9 Å². The molecule has 10 nitrogen and oxygen atoms in total. The molecule has 10 heteroatoms. The number of fused-ring (bicyclic) bond motifs is 2. The zero-order valence-corrected chi connectivity index (χ0v) is 29.4. The van der Waals surface area contributed by atoms with Gasteiger partial charge in [0.1, 0.15) is 23.9 Å². The Balaban J connectivity index is 0.937. The average Bonchev–Trinajstić information content (AvgIpc) is 3.95. The molecule has 2 N–H and O–H groups in total. The highest BCUT2D eigenvalue weighted by molar-refractivity contribution is 5.70. The summed E-state index contributed by atoms with van der Waals surface area (Å²) in [6, 6.07) is 22.8. The van der Waals surface area contributed by atoms with Gasteiger partial charge in [-0.3, -0.25) is 9.80 Å². The minimum Gasteiger partial charge on any atom is -0.445 e. The summed E-state index contributed by atoms with van der Waals surface area (Å²) in [4.78, 5) is 45.9. The Bertz CT molecular complexity index is 2060. The number of ether oxygens (including phenoxy) is 2. The van der Waals surface area contributed by atoms with Crippen LogP contribution in [-0.4, -0.2) is 60.6 Å². The highest BCUT2D eigenvalue weighted by Gasteiger charge is 2.35. The van der Waals surface area contributed by atoms with E-state index in [-0.39, 0.29) is 30.9 Å². The summed E-state index contributed by atoms with van der Waals surface area (Å²) in [6.45, 7) is 7.26. The van der Waals surface area contributed by atoms with E-state index in [2.05, 4.69) is 46.4 Å². The van der Waals surface area contributed by atoms with E-state index in [4.69, 9.17) is 19.4 Å². The molecule has 8 rings (SSSR count). The van der Waals surface area contributed by atoms with Gasteiger partial charge in [-0.15, -0.1) is 0 Å². The molecule has 2 amide bonds. The molecule has 3 aromatic carbocycles. The smallest absolute Gasteiger partial charge is 0.410 e. The normalized spacial score (nSPS) is 18.4. The van der Waals surface area contributed by atoms with Gasteiger partial charge in [-0.05, 0) is 110 Å². The summed E-state index contributed by atoms with van der Waals surface area (Å²) < 4.78 is 11.3. The molecule has 5 aromatic rings. The molecule has 2 atom stereocenters. The zero-order chi connectivity index (χ0) is 35.1. The third kappa shape index (κ3) is 6.87. The third-order valence-electron chi connectivity index (χ3n) is 10.2. The van der Waals surface area contributed by atoms with Gasteiger partial charge in [0.15, 0.2) is 0 Å². The van der Waals surface area contributed by atoms with Crippen LogP contribution in [0, 0.1) is 0 Å². The average molecular weight is 685 g/mol. The first-order valence-corrected chi connectivity index (χ1v) is 18.0. The minimum absolute atomic E-state index is 0.114. The topological polar surface area (TPSA) is 116 Å². The fourth-order valence-electron chi connectivity index (χ4n) is 7.64. The van der Waals surface area contributed by atoms with Crippen molar-refractivity contribution in [1.29, 1.82) is 0 Å². The summed E-state index contributed by atoms with van der Waals surface area (Å²) in [5.74, 6) is 1.59. The first-order valence-electron chi connectivity index (χ1n) is 18.0. The number of hydrogen-bond donors (Lipinski definition) is 2. The van der Waals surface area contributed by atoms with Crippen LogP contribution >= 0.6 is 0 Å². The standard InChI is InChI=1S/C41H44N6O4/c1-41(2,3)51-40(49)47-18-8-12-36(47)38-43-24-34(45-38)30-16-14-28-19-31-21-29(15-13-27(31)20-32(28)22-30)33-23-42-37(44-33)35-11-7-17-46(35)39(48)50-25-26-9-5-4-6-10-26/h4-6,9-10,13-16,21-24,35-36H,7-8,11-12,17-20,25H2,1-3H3,(H,42,44)(H,43,45)/t35-,36-/m0/s1. The quantitative estimate of drug-likeness (QED) is 0.182. The fourth-order valence-corrected chi connectivity index (χ4v) is 7.64. The maximum atomic E-state index is 13.0. The molecular formula is C41H44N6O4. The Hall–Kier alpha value is -5.38. The Labute approximate surface area is 298 Å². The van der Waals surface area contributed by atoms with Crippen LogP contribution in [0.2, 0.25) is 0 Å². The van der Waals surface area contributed by atoms with Crippen LogP contribution in [-0.2, 0) is 28.9 Å². The Morgan fingerprint density at radius 3 is 1.78 bits per heavy atom. The van der Waals surface area contributed by atoms with Crippen molar-refractivity contribution in [2.75, 3.05) is 13.1 Å². The Morgan fingerprint density at radius 2 is 1.25 bits per heavy atom. The van der Waals surface area contributed by atoms with Crippen LogP contribution in [0.1, 0.15) is 98.0 Å². The molecule has 1 aliphatic carbocycles. The fraction of sp³-hybridized carbons (Fsp3) is 0.366. The number of rotatable bonds is 6. The molecule has 262 valence electrons. The highest BCUT2D eigenvalue weighted by Crippen LogP contribution is 2.36. The molecule has 2 aliphatic heterocycles. The molecule has 2 fully saturated rings. The molecule has 0 bridgehead atoms. The van der Waals surface area contributed by atoms with Gasteiger partial charge < -0.3 is 19.4 Å². The van der Waals surface area contributed by atoms with Crippen molar-refractivity contribution >= 4 is 12.2 Å². The van der Waals surface area contributed by atoms with Crippen molar-refractivity contribution in [1.82, 2.24) is 29.7 Å². The highest BCUT2D eigenvalue weighted by atomic mass is 16.6. The van der Waals surface area contributed by atoms with E-state index in [0.29, 0.717) is 13.1 Å². The summed E-state index contributed by atoms with van der Waals surface area (Å²) in [5.41, 5.74) is 9.75.